The summed E-state index contributed by atoms with van der Waals surface area (Å²) in [6.07, 6.45) is -0.313. The molecule has 2 aromatic carbocycles. The molecule has 0 bridgehead atoms. The summed E-state index contributed by atoms with van der Waals surface area (Å²) in [7, 11) is 0. The molecule has 4 aromatic rings. The lowest BCUT2D eigenvalue weighted by Gasteiger charge is -2.34. The van der Waals surface area contributed by atoms with Crippen molar-refractivity contribution in [3.05, 3.63) is 83.0 Å². The molecule has 0 fully saturated rings. The van der Waals surface area contributed by atoms with Gasteiger partial charge in [0.25, 0.3) is 0 Å². The van der Waals surface area contributed by atoms with E-state index >= 15 is 0 Å². The van der Waals surface area contributed by atoms with Gasteiger partial charge in [0.1, 0.15) is 5.82 Å². The number of aromatic nitrogens is 3. The second-order valence-corrected chi connectivity index (χ2v) is 9.99. The Morgan fingerprint density at radius 3 is 2.43 bits per heavy atom. The molecule has 7 heteroatoms. The molecule has 5 rings (SSSR count). The number of carboxylic acid groups (broad SMARTS) is 1. The second kappa shape index (κ2) is 8.82. The molecule has 180 valence electrons. The molecule has 0 radical (unpaired) electrons. The number of nitrogens with zero attached hydrogens (tertiary/aromatic N) is 4. The maximum atomic E-state index is 12.5. The number of aliphatic carboxylic acids is 1. The Labute approximate surface area is 205 Å². The lowest BCUT2D eigenvalue weighted by molar-refractivity contribution is -0.160. The van der Waals surface area contributed by atoms with E-state index in [2.05, 4.69) is 23.1 Å². The predicted molar refractivity (Wildman–Crippen MR) is 136 cm³/mol. The fourth-order valence-electron chi connectivity index (χ4n) is 4.74. The van der Waals surface area contributed by atoms with Crippen LogP contribution in [0.4, 0.5) is 5.82 Å². The first-order valence-electron chi connectivity index (χ1n) is 11.9. The van der Waals surface area contributed by atoms with Gasteiger partial charge in [-0.2, -0.15) is 9.61 Å². The molecule has 0 amide bonds. The summed E-state index contributed by atoms with van der Waals surface area (Å²) in [5, 5.41) is 15.2. The van der Waals surface area contributed by atoms with Crippen LogP contribution < -0.4 is 4.90 Å². The summed E-state index contributed by atoms with van der Waals surface area (Å²) >= 11 is 0. The minimum atomic E-state index is -1.18. The number of benzene rings is 2. The quantitative estimate of drug-likeness (QED) is 0.431. The highest BCUT2D eigenvalue weighted by Gasteiger charge is 2.35. The maximum absolute atomic E-state index is 12.5. The van der Waals surface area contributed by atoms with Crippen molar-refractivity contribution in [2.75, 3.05) is 11.4 Å². The van der Waals surface area contributed by atoms with Crippen molar-refractivity contribution in [1.29, 1.82) is 0 Å². The molecule has 7 nitrogen and oxygen atoms in total. The van der Waals surface area contributed by atoms with Gasteiger partial charge in [-0.05, 0) is 45.2 Å². The minimum Gasteiger partial charge on any atom is -0.479 e. The van der Waals surface area contributed by atoms with Crippen LogP contribution in [0.1, 0.15) is 49.3 Å². The number of hydrogen-bond donors (Lipinski definition) is 1. The van der Waals surface area contributed by atoms with Crippen molar-refractivity contribution in [3.63, 3.8) is 0 Å². The van der Waals surface area contributed by atoms with E-state index in [1.807, 2.05) is 70.2 Å². The summed E-state index contributed by atoms with van der Waals surface area (Å²) < 4.78 is 7.89. The van der Waals surface area contributed by atoms with E-state index in [1.165, 1.54) is 11.1 Å². The summed E-state index contributed by atoms with van der Waals surface area (Å²) in [6, 6.07) is 20.3. The van der Waals surface area contributed by atoms with Crippen LogP contribution in [0.2, 0.25) is 0 Å². The summed E-state index contributed by atoms with van der Waals surface area (Å²) in [6.45, 7) is 8.84. The van der Waals surface area contributed by atoms with Crippen LogP contribution in [-0.2, 0) is 22.5 Å². The average molecular weight is 471 g/mol. The first-order valence-corrected chi connectivity index (χ1v) is 11.9. The van der Waals surface area contributed by atoms with Crippen LogP contribution in [0.3, 0.4) is 0 Å². The number of rotatable bonds is 5. The van der Waals surface area contributed by atoms with Crippen molar-refractivity contribution in [2.45, 2.75) is 52.4 Å². The predicted octanol–water partition coefficient (Wildman–Crippen LogP) is 5.21. The molecule has 0 saturated heterocycles. The summed E-state index contributed by atoms with van der Waals surface area (Å²) in [5.74, 6) is -0.320. The van der Waals surface area contributed by atoms with Gasteiger partial charge in [-0.3, -0.25) is 0 Å². The number of carboxylic acids is 1. The molecule has 0 spiro atoms. The Kier molecular flexibility index (Phi) is 5.81. The van der Waals surface area contributed by atoms with Gasteiger partial charge >= 0.3 is 5.97 Å². The molecular weight excluding hydrogens is 440 g/mol. The van der Waals surface area contributed by atoms with Crippen molar-refractivity contribution in [1.82, 2.24) is 14.6 Å². The van der Waals surface area contributed by atoms with Crippen molar-refractivity contribution >= 4 is 17.4 Å². The third-order valence-electron chi connectivity index (χ3n) is 6.26. The van der Waals surface area contributed by atoms with Gasteiger partial charge in [0, 0.05) is 30.4 Å². The molecular formula is C28H30N4O3. The van der Waals surface area contributed by atoms with Gasteiger partial charge in [0.2, 0.25) is 0 Å². The number of aryl methyl sites for hydroxylation is 1. The molecule has 1 unspecified atom stereocenters. The average Bonchev–Trinajstić information content (AvgIpc) is 3.25. The topological polar surface area (TPSA) is 80.0 Å². The largest absolute Gasteiger partial charge is 0.479 e. The molecule has 1 aliphatic heterocycles. The monoisotopic (exact) mass is 470 g/mol. The van der Waals surface area contributed by atoms with Crippen LogP contribution >= 0.6 is 0 Å². The molecule has 3 heterocycles. The van der Waals surface area contributed by atoms with E-state index in [0.29, 0.717) is 23.4 Å². The number of ether oxygens (including phenoxy) is 1. The van der Waals surface area contributed by atoms with Gasteiger partial charge in [0.15, 0.2) is 11.8 Å². The second-order valence-electron chi connectivity index (χ2n) is 9.99. The Balaban J connectivity index is 1.74. The van der Waals surface area contributed by atoms with E-state index in [0.717, 1.165) is 30.0 Å². The van der Waals surface area contributed by atoms with Crippen molar-refractivity contribution < 1.29 is 14.6 Å². The molecule has 0 saturated carbocycles. The van der Waals surface area contributed by atoms with E-state index in [1.54, 1.807) is 4.52 Å². The fraction of sp³-hybridized carbons (Fsp3) is 0.321. The summed E-state index contributed by atoms with van der Waals surface area (Å²) in [5.41, 5.74) is 5.51. The first kappa shape index (κ1) is 23.1. The minimum absolute atomic E-state index is 0.544. The zero-order chi connectivity index (χ0) is 24.7. The van der Waals surface area contributed by atoms with Gasteiger partial charge in [-0.15, -0.1) is 0 Å². The third-order valence-corrected chi connectivity index (χ3v) is 6.26. The van der Waals surface area contributed by atoms with Crippen LogP contribution in [0, 0.1) is 6.92 Å². The first-order chi connectivity index (χ1) is 16.7. The van der Waals surface area contributed by atoms with Gasteiger partial charge in [-0.1, -0.05) is 54.6 Å². The molecule has 2 aromatic heterocycles. The van der Waals surface area contributed by atoms with Crippen LogP contribution in [0.15, 0.2) is 60.7 Å². The summed E-state index contributed by atoms with van der Waals surface area (Å²) in [4.78, 5) is 19.5. The van der Waals surface area contributed by atoms with E-state index < -0.39 is 17.7 Å². The van der Waals surface area contributed by atoms with E-state index in [-0.39, 0.29) is 0 Å². The van der Waals surface area contributed by atoms with Crippen molar-refractivity contribution in [3.8, 4) is 11.3 Å². The lowest BCUT2D eigenvalue weighted by Crippen LogP contribution is -2.35. The number of anilines is 1. The standard InChI is InChI=1S/C28H30N4O3/c1-18-24(25(27(33)34)35-28(2,3)4)26(31-15-14-19-10-8-9-13-21(19)17-31)32-23(29-18)16-22(30-32)20-11-6-5-7-12-20/h5-13,16,25H,14-15,17H2,1-4H3,(H,33,34). The highest BCUT2D eigenvalue weighted by atomic mass is 16.5. The third kappa shape index (κ3) is 4.51. The van der Waals surface area contributed by atoms with Gasteiger partial charge in [0.05, 0.1) is 16.9 Å². The fourth-order valence-corrected chi connectivity index (χ4v) is 4.74. The molecule has 1 N–H and O–H groups in total. The molecule has 1 atom stereocenters. The van der Waals surface area contributed by atoms with E-state index in [9.17, 15) is 9.90 Å². The molecule has 35 heavy (non-hydrogen) atoms. The molecule has 1 aliphatic rings. The Hall–Kier alpha value is -3.71. The Morgan fingerprint density at radius 2 is 1.74 bits per heavy atom. The Bertz CT molecular complexity index is 1390. The maximum Gasteiger partial charge on any atom is 0.337 e. The van der Waals surface area contributed by atoms with Crippen LogP contribution in [0.5, 0.6) is 0 Å². The van der Waals surface area contributed by atoms with Crippen LogP contribution in [-0.4, -0.2) is 37.8 Å². The number of fused-ring (bicyclic) bond motifs is 2. The smallest absolute Gasteiger partial charge is 0.337 e. The van der Waals surface area contributed by atoms with Gasteiger partial charge in [-0.25, -0.2) is 9.78 Å². The zero-order valence-electron chi connectivity index (χ0n) is 20.5. The highest BCUT2D eigenvalue weighted by molar-refractivity contribution is 5.79. The lowest BCUT2D eigenvalue weighted by atomic mass is 9.98. The number of hydrogen-bond acceptors (Lipinski definition) is 5. The van der Waals surface area contributed by atoms with E-state index in [4.69, 9.17) is 14.8 Å². The zero-order valence-corrected chi connectivity index (χ0v) is 20.5. The normalized spacial score (nSPS) is 14.7. The number of carbonyl (C=O) groups is 1. The Morgan fingerprint density at radius 1 is 1.06 bits per heavy atom. The SMILES string of the molecule is Cc1nc2cc(-c3ccccc3)nn2c(N2CCc3ccccc3C2)c1C(OC(C)(C)C)C(=O)O. The van der Waals surface area contributed by atoms with Gasteiger partial charge < -0.3 is 14.7 Å². The molecule has 0 aliphatic carbocycles. The highest BCUT2D eigenvalue weighted by Crippen LogP contribution is 2.37. The van der Waals surface area contributed by atoms with Crippen molar-refractivity contribution in [2.24, 2.45) is 0 Å². The van der Waals surface area contributed by atoms with Crippen LogP contribution in [0.25, 0.3) is 16.9 Å².